The van der Waals surface area contributed by atoms with Crippen molar-refractivity contribution in [2.45, 2.75) is 71.2 Å². The van der Waals surface area contributed by atoms with Gasteiger partial charge in [0.25, 0.3) is 0 Å². The molecule has 0 unspecified atom stereocenters. The van der Waals surface area contributed by atoms with E-state index in [2.05, 4.69) is 14.7 Å². The van der Waals surface area contributed by atoms with E-state index >= 15 is 0 Å². The maximum Gasteiger partial charge on any atom is 0.340 e. The number of ether oxygens (including phenoxy) is 3. The average Bonchev–Trinajstić information content (AvgIpc) is 3.22. The Balaban J connectivity index is 1.89. The third-order valence-corrected chi connectivity index (χ3v) is 10.1. The highest BCUT2D eigenvalue weighted by Gasteiger charge is 2.64. The van der Waals surface area contributed by atoms with E-state index in [4.69, 9.17) is 14.2 Å². The van der Waals surface area contributed by atoms with Gasteiger partial charge in [-0.15, -0.1) is 0 Å². The van der Waals surface area contributed by atoms with Crippen molar-refractivity contribution < 1.29 is 38.8 Å². The van der Waals surface area contributed by atoms with E-state index in [0.717, 1.165) is 25.9 Å². The second-order valence-electron chi connectivity index (χ2n) is 13.8. The fourth-order valence-corrected chi connectivity index (χ4v) is 7.88. The minimum atomic E-state index is -1.23. The van der Waals surface area contributed by atoms with Gasteiger partial charge < -0.3 is 39.1 Å². The van der Waals surface area contributed by atoms with Crippen LogP contribution in [0.15, 0.2) is 34.3 Å². The number of ketones is 1. The molecular weight excluding hydrogens is 566 g/mol. The molecular formula is C33H51N3O8. The molecule has 0 aromatic rings. The minimum absolute atomic E-state index is 0.00397. The first-order valence-electron chi connectivity index (χ1n) is 15.7. The van der Waals surface area contributed by atoms with Gasteiger partial charge in [-0.1, -0.05) is 6.92 Å². The molecule has 0 radical (unpaired) electrons. The molecule has 11 heteroatoms. The van der Waals surface area contributed by atoms with Crippen LogP contribution in [-0.4, -0.2) is 129 Å². The highest BCUT2D eigenvalue weighted by atomic mass is 16.6. The number of methoxy groups -OCH3 is 1. The number of carbonyl (C=O) groups excluding carboxylic acids is 3. The molecule has 2 fully saturated rings. The molecule has 0 amide bonds. The van der Waals surface area contributed by atoms with Crippen LogP contribution in [-0.2, 0) is 28.6 Å². The molecule has 246 valence electrons. The zero-order valence-electron chi connectivity index (χ0n) is 27.6. The van der Waals surface area contributed by atoms with Crippen LogP contribution < -0.4 is 0 Å². The molecule has 11 nitrogen and oxygen atoms in total. The molecule has 3 aliphatic carbocycles. The summed E-state index contributed by atoms with van der Waals surface area (Å²) in [5, 5.41) is 22.8. The Morgan fingerprint density at radius 1 is 1.05 bits per heavy atom. The summed E-state index contributed by atoms with van der Waals surface area (Å²) < 4.78 is 17.5. The first-order valence-corrected chi connectivity index (χ1v) is 15.7. The van der Waals surface area contributed by atoms with Crippen LogP contribution in [0, 0.1) is 16.7 Å². The van der Waals surface area contributed by atoms with Crippen molar-refractivity contribution >= 4 is 17.7 Å². The van der Waals surface area contributed by atoms with Gasteiger partial charge in [-0.2, -0.15) is 0 Å². The topological polar surface area (TPSA) is 129 Å². The van der Waals surface area contributed by atoms with Gasteiger partial charge in [-0.25, -0.2) is 4.79 Å². The van der Waals surface area contributed by atoms with Crippen molar-refractivity contribution in [1.29, 1.82) is 0 Å². The smallest absolute Gasteiger partial charge is 0.340 e. The predicted molar refractivity (Wildman–Crippen MR) is 165 cm³/mol. The highest BCUT2D eigenvalue weighted by molar-refractivity contribution is 6.13. The Labute approximate surface area is 261 Å². The number of hydrogen-bond acceptors (Lipinski definition) is 11. The molecule has 0 spiro atoms. The molecule has 44 heavy (non-hydrogen) atoms. The second-order valence-corrected chi connectivity index (χ2v) is 13.8. The third-order valence-electron chi connectivity index (χ3n) is 10.1. The maximum atomic E-state index is 14.3. The Morgan fingerprint density at radius 2 is 1.66 bits per heavy atom. The fourth-order valence-electron chi connectivity index (χ4n) is 7.88. The average molecular weight is 618 g/mol. The normalized spacial score (nSPS) is 32.7. The van der Waals surface area contributed by atoms with Gasteiger partial charge >= 0.3 is 11.9 Å². The number of rotatable bonds is 12. The number of esters is 2. The summed E-state index contributed by atoms with van der Waals surface area (Å²) in [4.78, 5) is 46.7. The third kappa shape index (κ3) is 6.21. The van der Waals surface area contributed by atoms with Gasteiger partial charge in [0.1, 0.15) is 12.2 Å². The quantitative estimate of drug-likeness (QED) is 0.248. The van der Waals surface area contributed by atoms with E-state index in [9.17, 15) is 24.6 Å². The lowest BCUT2D eigenvalue weighted by atomic mass is 9.53. The number of cyclic esters (lactones) is 1. The van der Waals surface area contributed by atoms with Crippen LogP contribution in [0.5, 0.6) is 0 Å². The van der Waals surface area contributed by atoms with Gasteiger partial charge in [-0.3, -0.25) is 9.59 Å². The summed E-state index contributed by atoms with van der Waals surface area (Å²) in [7, 11) is 9.54. The van der Waals surface area contributed by atoms with E-state index in [1.54, 1.807) is 6.20 Å². The Morgan fingerprint density at radius 3 is 2.20 bits per heavy atom. The zero-order valence-corrected chi connectivity index (χ0v) is 27.6. The van der Waals surface area contributed by atoms with Crippen LogP contribution in [0.1, 0.15) is 52.9 Å². The molecule has 0 aromatic heterocycles. The van der Waals surface area contributed by atoms with Crippen LogP contribution in [0.3, 0.4) is 0 Å². The van der Waals surface area contributed by atoms with Crippen LogP contribution in [0.4, 0.5) is 0 Å². The highest BCUT2D eigenvalue weighted by Crippen LogP contribution is 2.63. The monoisotopic (exact) mass is 617 g/mol. The predicted octanol–water partition coefficient (Wildman–Crippen LogP) is 2.46. The minimum Gasteiger partial charge on any atom is -0.504 e. The lowest BCUT2D eigenvalue weighted by Crippen LogP contribution is -2.57. The number of Topliss-reactive ketones (excluding diaryl/α,β-unsaturated/α-hetero) is 1. The van der Waals surface area contributed by atoms with Crippen molar-refractivity contribution in [3.05, 3.63) is 34.3 Å². The molecule has 0 aromatic carbocycles. The van der Waals surface area contributed by atoms with E-state index in [1.807, 2.05) is 42.0 Å². The van der Waals surface area contributed by atoms with E-state index in [1.165, 1.54) is 14.0 Å². The van der Waals surface area contributed by atoms with Crippen molar-refractivity contribution in [2.75, 3.05) is 68.1 Å². The summed E-state index contributed by atoms with van der Waals surface area (Å²) in [6, 6.07) is 0. The van der Waals surface area contributed by atoms with Gasteiger partial charge in [-0.05, 0) is 91.8 Å². The van der Waals surface area contributed by atoms with Gasteiger partial charge in [0.2, 0.25) is 5.78 Å². The fraction of sp³-hybridized carbons (Fsp3) is 0.727. The van der Waals surface area contributed by atoms with Crippen molar-refractivity contribution in [2.24, 2.45) is 16.7 Å². The molecule has 1 saturated carbocycles. The van der Waals surface area contributed by atoms with Crippen molar-refractivity contribution in [3.8, 4) is 0 Å². The van der Waals surface area contributed by atoms with Crippen molar-refractivity contribution in [3.63, 3.8) is 0 Å². The second kappa shape index (κ2) is 13.3. The molecule has 0 bridgehead atoms. The van der Waals surface area contributed by atoms with Crippen LogP contribution >= 0.6 is 0 Å². The number of aliphatic hydroxyl groups is 2. The molecule has 4 rings (SSSR count). The number of allylic oxidation sites excluding steroid dienone is 1. The molecule has 1 aliphatic heterocycles. The molecule has 4 aliphatic rings. The molecule has 6 atom stereocenters. The number of aliphatic hydroxyl groups excluding tert-OH is 2. The van der Waals surface area contributed by atoms with Crippen molar-refractivity contribution in [1.82, 2.24) is 14.7 Å². The van der Waals surface area contributed by atoms with Gasteiger partial charge in [0.15, 0.2) is 5.76 Å². The SMILES string of the molecule is COC[C@H]1OC(=O)/C(=C/N(CCCN(C)C)CCCN(C)C)C2=C(O)C(=O)C3=C([C@H](OC(C)=O)C[C@]4(C)[C@@H](O)CC[C@@H]34)[C@]21C. The van der Waals surface area contributed by atoms with E-state index < -0.39 is 52.6 Å². The standard InChI is InChI=1S/C33H51N3O8/c1-20(37)43-23-17-32(2)22(11-12-24(32)38)26-28(23)33(3)25(19-42-8)44-31(41)21(27(33)30(40)29(26)39)18-36(15-9-13-34(4)5)16-10-14-35(6)7/h18,22-25,38,40H,9-17,19H2,1-8H3/b21-18+/t22-,23+,24-,25+,32-,33-/m0/s1. The summed E-state index contributed by atoms with van der Waals surface area (Å²) in [6.07, 6.45) is 2.31. The summed E-state index contributed by atoms with van der Waals surface area (Å²) in [6.45, 7) is 8.10. The molecule has 2 N–H and O–H groups in total. The maximum absolute atomic E-state index is 14.3. The van der Waals surface area contributed by atoms with Crippen LogP contribution in [0.25, 0.3) is 0 Å². The Hall–Kier alpha value is -2.73. The van der Waals surface area contributed by atoms with Gasteiger partial charge in [0.05, 0.1) is 23.7 Å². The lowest BCUT2D eigenvalue weighted by Gasteiger charge is -2.54. The molecule has 1 saturated heterocycles. The Kier molecular flexibility index (Phi) is 10.3. The number of hydrogen-bond donors (Lipinski definition) is 2. The largest absolute Gasteiger partial charge is 0.504 e. The molecule has 1 heterocycles. The number of fused-ring (bicyclic) bond motifs is 4. The number of nitrogens with zero attached hydrogens (tertiary/aromatic N) is 3. The van der Waals surface area contributed by atoms with E-state index in [0.29, 0.717) is 43.5 Å². The number of carbonyl (C=O) groups is 3. The van der Waals surface area contributed by atoms with Gasteiger partial charge in [0, 0.05) is 49.9 Å². The first kappa shape index (κ1) is 34.1. The summed E-state index contributed by atoms with van der Waals surface area (Å²) >= 11 is 0. The van der Waals surface area contributed by atoms with Crippen LogP contribution in [0.2, 0.25) is 0 Å². The lowest BCUT2D eigenvalue weighted by molar-refractivity contribution is -0.161. The van der Waals surface area contributed by atoms with E-state index in [-0.39, 0.29) is 23.7 Å². The summed E-state index contributed by atoms with van der Waals surface area (Å²) in [5.74, 6) is -2.60. The first-order chi connectivity index (χ1) is 20.7. The zero-order chi connectivity index (χ0) is 32.6. The Bertz CT molecular complexity index is 1230. The summed E-state index contributed by atoms with van der Waals surface area (Å²) in [5.41, 5.74) is -0.750.